The highest BCUT2D eigenvalue weighted by molar-refractivity contribution is 7.97. The molecule has 1 atom stereocenters. The van der Waals surface area contributed by atoms with Crippen LogP contribution in [-0.4, -0.2) is 58.2 Å². The van der Waals surface area contributed by atoms with E-state index < -0.39 is 0 Å². The van der Waals surface area contributed by atoms with E-state index in [0.29, 0.717) is 24.9 Å². The van der Waals surface area contributed by atoms with Crippen molar-refractivity contribution in [3.63, 3.8) is 0 Å². The van der Waals surface area contributed by atoms with Crippen molar-refractivity contribution in [1.82, 2.24) is 19.9 Å². The normalized spacial score (nSPS) is 16.9. The van der Waals surface area contributed by atoms with Crippen LogP contribution >= 0.6 is 11.8 Å². The van der Waals surface area contributed by atoms with Crippen LogP contribution in [0.15, 0.2) is 24.4 Å². The zero-order chi connectivity index (χ0) is 19.4. The molecule has 0 spiro atoms. The summed E-state index contributed by atoms with van der Waals surface area (Å²) in [6.45, 7) is 6.26. The third-order valence-corrected chi connectivity index (χ3v) is 4.29. The van der Waals surface area contributed by atoms with Gasteiger partial charge in [0.2, 0.25) is 0 Å². The largest absolute Gasteiger partial charge is 0.384 e. The minimum Gasteiger partial charge on any atom is -0.384 e. The van der Waals surface area contributed by atoms with E-state index in [9.17, 15) is 0 Å². The monoisotopic (exact) mass is 386 g/mol. The van der Waals surface area contributed by atoms with Gasteiger partial charge in [-0.1, -0.05) is 0 Å². The first kappa shape index (κ1) is 19.4. The topological polar surface area (TPSA) is 93.0 Å². The number of pyridine rings is 1. The smallest absolute Gasteiger partial charge is 0.164 e. The van der Waals surface area contributed by atoms with Gasteiger partial charge in [-0.3, -0.25) is 0 Å². The molecule has 8 heteroatoms. The number of rotatable bonds is 2. The number of aromatic nitrogens is 4. The average molecular weight is 387 g/mol. The van der Waals surface area contributed by atoms with Crippen LogP contribution in [0.25, 0.3) is 22.4 Å². The Morgan fingerprint density at radius 2 is 2.04 bits per heavy atom. The number of morpholine rings is 1. The molecule has 0 bridgehead atoms. The molecule has 1 unspecified atom stereocenters. The summed E-state index contributed by atoms with van der Waals surface area (Å²) in [6.07, 6.45) is 5.96. The number of aromatic amines is 1. The van der Waals surface area contributed by atoms with Gasteiger partial charge in [-0.25, -0.2) is 15.0 Å². The number of nitrogens with zero attached hydrogens (tertiary/aromatic N) is 4. The molecule has 3 aromatic heterocycles. The number of ether oxygens (including phenoxy) is 1. The van der Waals surface area contributed by atoms with Gasteiger partial charge in [0.25, 0.3) is 0 Å². The maximum atomic E-state index is 6.07. The van der Waals surface area contributed by atoms with Crippen molar-refractivity contribution < 1.29 is 4.74 Å². The molecule has 3 N–H and O–H groups in total. The highest BCUT2D eigenvalue weighted by atomic mass is 32.2. The molecule has 3 aromatic rings. The highest BCUT2D eigenvalue weighted by Crippen LogP contribution is 2.29. The fraction of sp³-hybridized carbons (Fsp3) is 0.421. The van der Waals surface area contributed by atoms with Crippen LogP contribution in [0.5, 0.6) is 0 Å². The van der Waals surface area contributed by atoms with Crippen molar-refractivity contribution in [3.05, 3.63) is 30.1 Å². The van der Waals surface area contributed by atoms with Crippen LogP contribution in [0, 0.1) is 6.92 Å². The van der Waals surface area contributed by atoms with Gasteiger partial charge < -0.3 is 20.4 Å². The number of hydrogen-bond donors (Lipinski definition) is 2. The summed E-state index contributed by atoms with van der Waals surface area (Å²) in [5.74, 6) is 1.93. The first-order valence-electron chi connectivity index (χ1n) is 8.87. The van der Waals surface area contributed by atoms with Crippen molar-refractivity contribution >= 4 is 34.4 Å². The van der Waals surface area contributed by atoms with Gasteiger partial charge in [0, 0.05) is 35.5 Å². The number of nitrogen functional groups attached to an aromatic ring is 1. The van der Waals surface area contributed by atoms with E-state index in [1.807, 2.05) is 43.8 Å². The van der Waals surface area contributed by atoms with Gasteiger partial charge in [-0.15, -0.1) is 0 Å². The average Bonchev–Trinajstić information content (AvgIpc) is 3.10. The van der Waals surface area contributed by atoms with Gasteiger partial charge in [0.1, 0.15) is 17.3 Å². The zero-order valence-corrected chi connectivity index (χ0v) is 17.0. The van der Waals surface area contributed by atoms with E-state index in [2.05, 4.69) is 26.8 Å². The van der Waals surface area contributed by atoms with Crippen molar-refractivity contribution in [2.24, 2.45) is 0 Å². The maximum Gasteiger partial charge on any atom is 0.164 e. The van der Waals surface area contributed by atoms with Gasteiger partial charge in [0.15, 0.2) is 5.82 Å². The number of nitrogens with two attached hydrogens (primary N) is 1. The molecule has 0 saturated carbocycles. The van der Waals surface area contributed by atoms with Crippen molar-refractivity contribution in [3.8, 4) is 11.4 Å². The predicted octanol–water partition coefficient (Wildman–Crippen LogP) is 3.11. The molecule has 4 rings (SSSR count). The lowest BCUT2D eigenvalue weighted by Gasteiger charge is -2.34. The number of H-pyrrole nitrogens is 1. The molecule has 27 heavy (non-hydrogen) atoms. The van der Waals surface area contributed by atoms with Crippen LogP contribution in [0.2, 0.25) is 0 Å². The Bertz CT molecular complexity index is 912. The Morgan fingerprint density at radius 1 is 1.26 bits per heavy atom. The molecule has 1 fully saturated rings. The molecular formula is C19H26N6OS. The number of hydrogen-bond acceptors (Lipinski definition) is 7. The summed E-state index contributed by atoms with van der Waals surface area (Å²) in [5.41, 5.74) is 8.75. The summed E-state index contributed by atoms with van der Waals surface area (Å²) >= 11 is 1.75. The van der Waals surface area contributed by atoms with Crippen molar-refractivity contribution in [2.75, 3.05) is 42.9 Å². The highest BCUT2D eigenvalue weighted by Gasteiger charge is 2.22. The molecule has 144 valence electrons. The predicted molar refractivity (Wildman–Crippen MR) is 113 cm³/mol. The summed E-state index contributed by atoms with van der Waals surface area (Å²) in [5, 5.41) is 0.993. The molecular weight excluding hydrogens is 360 g/mol. The molecule has 0 radical (unpaired) electrons. The first-order chi connectivity index (χ1) is 13.0. The molecule has 1 saturated heterocycles. The van der Waals surface area contributed by atoms with E-state index in [1.54, 1.807) is 11.8 Å². The molecule has 0 aliphatic carbocycles. The lowest BCUT2D eigenvalue weighted by molar-refractivity contribution is 0.0985. The van der Waals surface area contributed by atoms with E-state index >= 15 is 0 Å². The lowest BCUT2D eigenvalue weighted by atomic mass is 10.1. The second-order valence-electron chi connectivity index (χ2n) is 6.55. The molecule has 0 amide bonds. The van der Waals surface area contributed by atoms with Gasteiger partial charge >= 0.3 is 0 Å². The number of anilines is 2. The second kappa shape index (κ2) is 8.58. The molecule has 0 aromatic carbocycles. The van der Waals surface area contributed by atoms with Crippen molar-refractivity contribution in [1.29, 1.82) is 0 Å². The Labute approximate surface area is 163 Å². The van der Waals surface area contributed by atoms with Crippen LogP contribution < -0.4 is 10.6 Å². The van der Waals surface area contributed by atoms with Gasteiger partial charge in [-0.2, -0.15) is 11.8 Å². The van der Waals surface area contributed by atoms with Crippen molar-refractivity contribution in [2.45, 2.75) is 19.9 Å². The number of nitrogens with one attached hydrogen (secondary N) is 1. The third-order valence-electron chi connectivity index (χ3n) is 4.29. The number of aryl methyl sites for hydroxylation is 1. The summed E-state index contributed by atoms with van der Waals surface area (Å²) in [4.78, 5) is 19.1. The number of fused-ring (bicyclic) bond motifs is 1. The van der Waals surface area contributed by atoms with Crippen LogP contribution in [0.1, 0.15) is 12.6 Å². The Kier molecular flexibility index (Phi) is 6.18. The SMILES string of the molecule is CSC.Cc1cc(-c2nc(N)cc(N3CCOCC3C)n2)c2cc[nH]c2n1. The lowest BCUT2D eigenvalue weighted by Crippen LogP contribution is -2.44. The molecule has 1 aliphatic rings. The minimum atomic E-state index is 0.257. The Balaban J connectivity index is 0.000000659. The summed E-state index contributed by atoms with van der Waals surface area (Å²) in [6, 6.07) is 6.07. The summed E-state index contributed by atoms with van der Waals surface area (Å²) < 4.78 is 5.51. The second-order valence-corrected chi connectivity index (χ2v) is 7.37. The van der Waals surface area contributed by atoms with Gasteiger partial charge in [0.05, 0.1) is 19.3 Å². The molecule has 1 aliphatic heterocycles. The van der Waals surface area contributed by atoms with Crippen LogP contribution in [-0.2, 0) is 4.74 Å². The maximum absolute atomic E-state index is 6.07. The third kappa shape index (κ3) is 4.33. The molecule has 4 heterocycles. The Hall–Kier alpha value is -2.32. The number of thioether (sulfide) groups is 1. The standard InChI is InChI=1S/C17H20N6O.C2H6S/c1-10-7-13(12-3-4-19-16(12)20-10)17-21-14(18)8-15(22-17)23-5-6-24-9-11(23)2;1-3-2/h3-4,7-8,11H,5-6,9H2,1-2H3,(H,19,20)(H2,18,21,22);1-2H3. The minimum absolute atomic E-state index is 0.257. The van der Waals surface area contributed by atoms with E-state index in [-0.39, 0.29) is 6.04 Å². The first-order valence-corrected chi connectivity index (χ1v) is 10.5. The van der Waals surface area contributed by atoms with Crippen LogP contribution in [0.3, 0.4) is 0 Å². The van der Waals surface area contributed by atoms with Gasteiger partial charge in [-0.05, 0) is 38.5 Å². The Morgan fingerprint density at radius 3 is 2.78 bits per heavy atom. The molecule has 7 nitrogen and oxygen atoms in total. The van der Waals surface area contributed by atoms with E-state index in [1.165, 1.54) is 0 Å². The fourth-order valence-corrected chi connectivity index (χ4v) is 3.14. The zero-order valence-electron chi connectivity index (χ0n) is 16.2. The van der Waals surface area contributed by atoms with Crippen LogP contribution in [0.4, 0.5) is 11.6 Å². The fourth-order valence-electron chi connectivity index (χ4n) is 3.14. The summed E-state index contributed by atoms with van der Waals surface area (Å²) in [7, 11) is 0. The van der Waals surface area contributed by atoms with E-state index in [0.717, 1.165) is 34.7 Å². The quantitative estimate of drug-likeness (QED) is 0.699. The van der Waals surface area contributed by atoms with E-state index in [4.69, 9.17) is 15.5 Å².